The molecule has 3 rings (SSSR count). The van der Waals surface area contributed by atoms with Gasteiger partial charge in [0.05, 0.1) is 17.6 Å². The highest BCUT2D eigenvalue weighted by molar-refractivity contribution is 7.99. The number of thioether (sulfide) groups is 1. The van der Waals surface area contributed by atoms with Crippen LogP contribution >= 0.6 is 23.4 Å². The maximum absolute atomic E-state index is 12.1. The summed E-state index contributed by atoms with van der Waals surface area (Å²) in [5.74, 6) is -0.462. The Morgan fingerprint density at radius 2 is 2.27 bits per heavy atom. The molecule has 0 aliphatic rings. The van der Waals surface area contributed by atoms with Gasteiger partial charge >= 0.3 is 0 Å². The highest BCUT2D eigenvalue weighted by atomic mass is 35.5. The summed E-state index contributed by atoms with van der Waals surface area (Å²) < 4.78 is 1.52. The number of amides is 1. The number of primary amides is 1. The van der Waals surface area contributed by atoms with E-state index >= 15 is 0 Å². The van der Waals surface area contributed by atoms with Crippen molar-refractivity contribution in [2.24, 2.45) is 5.73 Å². The Morgan fingerprint density at radius 1 is 1.45 bits per heavy atom. The smallest absolute Gasteiger partial charge is 0.262 e. The van der Waals surface area contributed by atoms with Gasteiger partial charge in [0.1, 0.15) is 5.39 Å². The maximum atomic E-state index is 12.1. The molecule has 22 heavy (non-hydrogen) atoms. The number of benzene rings is 1. The largest absolute Gasteiger partial charge is 0.369 e. The fraction of sp³-hybridized carbons (Fsp3) is 0.0769. The molecule has 0 aliphatic heterocycles. The lowest BCUT2D eigenvalue weighted by Gasteiger charge is -2.04. The normalized spacial score (nSPS) is 11.0. The molecule has 2 heterocycles. The number of H-pyrrole nitrogens is 1. The number of nitrogens with one attached hydrogen (secondary N) is 1. The molecule has 3 aromatic rings. The third-order valence-corrected chi connectivity index (χ3v) is 3.95. The molecule has 3 N–H and O–H groups in total. The predicted octanol–water partition coefficient (Wildman–Crippen LogP) is 1.34. The Kier molecular flexibility index (Phi) is 3.86. The second-order valence-corrected chi connectivity index (χ2v) is 5.80. The van der Waals surface area contributed by atoms with E-state index in [9.17, 15) is 9.59 Å². The first kappa shape index (κ1) is 14.6. The number of hydrogen-bond donors (Lipinski definition) is 2. The number of aromatic amines is 1. The SMILES string of the molecule is NC(=O)CSc1nc2c(cnn2-c2cccc(Cl)c2)c(=O)[nH]1. The highest BCUT2D eigenvalue weighted by Crippen LogP contribution is 2.19. The van der Waals surface area contributed by atoms with Crippen LogP contribution in [0.5, 0.6) is 0 Å². The lowest BCUT2D eigenvalue weighted by molar-refractivity contribution is -0.115. The quantitative estimate of drug-likeness (QED) is 0.552. The summed E-state index contributed by atoms with van der Waals surface area (Å²) in [5.41, 5.74) is 5.84. The third-order valence-electron chi connectivity index (χ3n) is 2.82. The minimum atomic E-state index is -0.490. The Labute approximate surface area is 133 Å². The second-order valence-electron chi connectivity index (χ2n) is 4.40. The van der Waals surface area contributed by atoms with Crippen molar-refractivity contribution < 1.29 is 4.79 Å². The van der Waals surface area contributed by atoms with E-state index in [4.69, 9.17) is 17.3 Å². The molecule has 0 aliphatic carbocycles. The van der Waals surface area contributed by atoms with Gasteiger partial charge in [-0.3, -0.25) is 9.59 Å². The van der Waals surface area contributed by atoms with Gasteiger partial charge in [-0.1, -0.05) is 29.4 Å². The zero-order chi connectivity index (χ0) is 15.7. The number of carbonyl (C=O) groups is 1. The van der Waals surface area contributed by atoms with Crippen molar-refractivity contribution >= 4 is 40.3 Å². The molecule has 0 bridgehead atoms. The fourth-order valence-electron chi connectivity index (χ4n) is 1.90. The topological polar surface area (TPSA) is 107 Å². The van der Waals surface area contributed by atoms with E-state index in [1.54, 1.807) is 24.3 Å². The minimum Gasteiger partial charge on any atom is -0.369 e. The Morgan fingerprint density at radius 3 is 3.00 bits per heavy atom. The standard InChI is InChI=1S/C13H10ClN5O2S/c14-7-2-1-3-8(4-7)19-11-9(5-16-19)12(21)18-13(17-11)22-6-10(15)20/h1-5H,6H2,(H2,15,20)(H,17,18,21). The molecule has 0 saturated heterocycles. The maximum Gasteiger partial charge on any atom is 0.262 e. The molecule has 1 amide bonds. The summed E-state index contributed by atoms with van der Waals surface area (Å²) >= 11 is 7.03. The minimum absolute atomic E-state index is 0.0275. The molecule has 9 heteroatoms. The van der Waals surface area contributed by atoms with Crippen LogP contribution in [-0.2, 0) is 4.79 Å². The summed E-state index contributed by atoms with van der Waals surface area (Å²) in [4.78, 5) is 29.8. The first-order chi connectivity index (χ1) is 10.5. The van der Waals surface area contributed by atoms with E-state index in [2.05, 4.69) is 15.1 Å². The van der Waals surface area contributed by atoms with Crippen molar-refractivity contribution in [1.82, 2.24) is 19.7 Å². The molecule has 0 unspecified atom stereocenters. The Balaban J connectivity index is 2.12. The number of rotatable bonds is 4. The lowest BCUT2D eigenvalue weighted by Crippen LogP contribution is -2.15. The number of nitrogens with two attached hydrogens (primary N) is 1. The highest BCUT2D eigenvalue weighted by Gasteiger charge is 2.12. The van der Waals surface area contributed by atoms with Crippen LogP contribution in [0.4, 0.5) is 0 Å². The molecule has 112 valence electrons. The van der Waals surface area contributed by atoms with Gasteiger partial charge in [0, 0.05) is 5.02 Å². The van der Waals surface area contributed by atoms with Crippen LogP contribution < -0.4 is 11.3 Å². The van der Waals surface area contributed by atoms with Crippen molar-refractivity contribution in [1.29, 1.82) is 0 Å². The molecule has 0 radical (unpaired) electrons. The van der Waals surface area contributed by atoms with Gasteiger partial charge in [0.25, 0.3) is 5.56 Å². The zero-order valence-electron chi connectivity index (χ0n) is 11.1. The molecule has 7 nitrogen and oxygen atoms in total. The van der Waals surface area contributed by atoms with Gasteiger partial charge in [-0.15, -0.1) is 0 Å². The average molecular weight is 336 g/mol. The average Bonchev–Trinajstić information content (AvgIpc) is 2.89. The molecule has 0 saturated carbocycles. The number of aromatic nitrogens is 4. The fourth-order valence-corrected chi connectivity index (χ4v) is 2.68. The monoisotopic (exact) mass is 335 g/mol. The van der Waals surface area contributed by atoms with Crippen LogP contribution in [0.3, 0.4) is 0 Å². The first-order valence-electron chi connectivity index (χ1n) is 6.19. The first-order valence-corrected chi connectivity index (χ1v) is 7.56. The number of nitrogens with zero attached hydrogens (tertiary/aromatic N) is 3. The summed E-state index contributed by atoms with van der Waals surface area (Å²) in [5, 5.41) is 5.38. The summed E-state index contributed by atoms with van der Waals surface area (Å²) in [6.07, 6.45) is 1.44. The summed E-state index contributed by atoms with van der Waals surface area (Å²) in [7, 11) is 0. The van der Waals surface area contributed by atoms with Crippen molar-refractivity contribution in [3.63, 3.8) is 0 Å². The van der Waals surface area contributed by atoms with E-state index < -0.39 is 5.91 Å². The van der Waals surface area contributed by atoms with E-state index in [1.165, 1.54) is 10.9 Å². The van der Waals surface area contributed by atoms with Gasteiger partial charge in [0.15, 0.2) is 10.8 Å². The Hall–Kier alpha value is -2.32. The molecular weight excluding hydrogens is 326 g/mol. The number of carbonyl (C=O) groups excluding carboxylic acids is 1. The van der Waals surface area contributed by atoms with Crippen molar-refractivity contribution in [2.75, 3.05) is 5.75 Å². The molecular formula is C13H10ClN5O2S. The van der Waals surface area contributed by atoms with Crippen LogP contribution in [0, 0.1) is 0 Å². The van der Waals surface area contributed by atoms with Gasteiger partial charge in [-0.05, 0) is 18.2 Å². The zero-order valence-corrected chi connectivity index (χ0v) is 12.7. The van der Waals surface area contributed by atoms with Gasteiger partial charge < -0.3 is 10.7 Å². The number of fused-ring (bicyclic) bond motifs is 1. The predicted molar refractivity (Wildman–Crippen MR) is 84.4 cm³/mol. The van der Waals surface area contributed by atoms with E-state index in [0.717, 1.165) is 11.8 Å². The second kappa shape index (κ2) is 5.82. The van der Waals surface area contributed by atoms with Crippen molar-refractivity contribution in [3.8, 4) is 5.69 Å². The molecule has 0 fully saturated rings. The van der Waals surface area contributed by atoms with E-state index in [-0.39, 0.29) is 11.3 Å². The van der Waals surface area contributed by atoms with E-state index in [0.29, 0.717) is 26.9 Å². The van der Waals surface area contributed by atoms with Gasteiger partial charge in [-0.25, -0.2) is 9.67 Å². The van der Waals surface area contributed by atoms with Crippen LogP contribution in [0.1, 0.15) is 0 Å². The summed E-state index contributed by atoms with van der Waals surface area (Å²) in [6.45, 7) is 0. The molecule has 2 aromatic heterocycles. The van der Waals surface area contributed by atoms with Crippen LogP contribution in [-0.4, -0.2) is 31.4 Å². The number of halogens is 1. The lowest BCUT2D eigenvalue weighted by atomic mass is 10.3. The molecule has 0 spiro atoms. The molecule has 0 atom stereocenters. The Bertz CT molecular complexity index is 920. The van der Waals surface area contributed by atoms with Crippen LogP contribution in [0.25, 0.3) is 16.7 Å². The van der Waals surface area contributed by atoms with Crippen molar-refractivity contribution in [2.45, 2.75) is 5.16 Å². The third kappa shape index (κ3) is 2.83. The van der Waals surface area contributed by atoms with Gasteiger partial charge in [0.2, 0.25) is 5.91 Å². The van der Waals surface area contributed by atoms with E-state index in [1.807, 2.05) is 0 Å². The number of hydrogen-bond acceptors (Lipinski definition) is 5. The van der Waals surface area contributed by atoms with Crippen LogP contribution in [0.15, 0.2) is 40.4 Å². The summed E-state index contributed by atoms with van der Waals surface area (Å²) in [6, 6.07) is 7.04. The van der Waals surface area contributed by atoms with Gasteiger partial charge in [-0.2, -0.15) is 5.10 Å². The van der Waals surface area contributed by atoms with Crippen molar-refractivity contribution in [3.05, 3.63) is 45.8 Å². The van der Waals surface area contributed by atoms with Crippen LogP contribution in [0.2, 0.25) is 5.02 Å². The molecule has 1 aromatic carbocycles.